The van der Waals surface area contributed by atoms with Crippen LogP contribution in [-0.2, 0) is 4.79 Å². The van der Waals surface area contributed by atoms with Crippen molar-refractivity contribution in [3.8, 4) is 0 Å². The monoisotopic (exact) mass is 240 g/mol. The Morgan fingerprint density at radius 2 is 1.71 bits per heavy atom. The van der Waals surface area contributed by atoms with Gasteiger partial charge in [0.25, 0.3) is 0 Å². The molecule has 1 rings (SSSR count). The van der Waals surface area contributed by atoms with E-state index in [1.807, 2.05) is 0 Å². The van der Waals surface area contributed by atoms with E-state index >= 15 is 0 Å². The van der Waals surface area contributed by atoms with Gasteiger partial charge in [-0.05, 0) is 25.7 Å². The van der Waals surface area contributed by atoms with E-state index in [0.29, 0.717) is 36.2 Å². The molecule has 1 heterocycles. The molecule has 1 saturated heterocycles. The van der Waals surface area contributed by atoms with Crippen LogP contribution in [0.25, 0.3) is 0 Å². The van der Waals surface area contributed by atoms with E-state index in [2.05, 4.69) is 51.8 Å². The molecule has 2 atom stereocenters. The van der Waals surface area contributed by atoms with Crippen LogP contribution in [0.4, 0.5) is 0 Å². The van der Waals surface area contributed by atoms with Crippen LogP contribution in [0.15, 0.2) is 0 Å². The summed E-state index contributed by atoms with van der Waals surface area (Å²) in [5.41, 5.74) is 0. The van der Waals surface area contributed by atoms with E-state index in [1.54, 1.807) is 0 Å². The molecule has 3 heteroatoms. The van der Waals surface area contributed by atoms with Gasteiger partial charge in [-0.25, -0.2) is 0 Å². The van der Waals surface area contributed by atoms with Gasteiger partial charge in [0.15, 0.2) is 0 Å². The summed E-state index contributed by atoms with van der Waals surface area (Å²) in [5.74, 6) is 1.34. The zero-order chi connectivity index (χ0) is 13.2. The van der Waals surface area contributed by atoms with Crippen LogP contribution in [0.5, 0.6) is 0 Å². The molecule has 1 amide bonds. The molecule has 0 saturated carbocycles. The van der Waals surface area contributed by atoms with Gasteiger partial charge in [-0.2, -0.15) is 0 Å². The highest BCUT2D eigenvalue weighted by Crippen LogP contribution is 2.25. The van der Waals surface area contributed by atoms with Crippen molar-refractivity contribution in [2.24, 2.45) is 11.8 Å². The Bertz CT molecular complexity index is 261. The van der Waals surface area contributed by atoms with Gasteiger partial charge < -0.3 is 10.2 Å². The molecule has 0 spiro atoms. The van der Waals surface area contributed by atoms with Crippen molar-refractivity contribution >= 4 is 5.91 Å². The van der Waals surface area contributed by atoms with Crippen molar-refractivity contribution in [1.29, 1.82) is 0 Å². The van der Waals surface area contributed by atoms with E-state index in [1.165, 1.54) is 0 Å². The Morgan fingerprint density at radius 3 is 2.12 bits per heavy atom. The van der Waals surface area contributed by atoms with Crippen molar-refractivity contribution in [3.63, 3.8) is 0 Å². The molecule has 17 heavy (non-hydrogen) atoms. The number of rotatable bonds is 3. The minimum Gasteiger partial charge on any atom is -0.335 e. The fourth-order valence-electron chi connectivity index (χ4n) is 2.93. The van der Waals surface area contributed by atoms with Crippen molar-refractivity contribution in [1.82, 2.24) is 10.2 Å². The van der Waals surface area contributed by atoms with Gasteiger partial charge in [0.2, 0.25) is 5.91 Å². The summed E-state index contributed by atoms with van der Waals surface area (Å²) in [6.07, 6.45) is 0.630. The third-order valence-corrected chi connectivity index (χ3v) is 3.65. The first-order chi connectivity index (χ1) is 7.86. The van der Waals surface area contributed by atoms with Crippen LogP contribution in [-0.4, -0.2) is 35.5 Å². The number of amides is 1. The van der Waals surface area contributed by atoms with Crippen molar-refractivity contribution in [2.75, 3.05) is 6.54 Å². The molecular formula is C14H28N2O. The predicted molar refractivity (Wildman–Crippen MR) is 71.9 cm³/mol. The molecule has 0 aromatic heterocycles. The molecule has 0 aromatic rings. The van der Waals surface area contributed by atoms with E-state index in [-0.39, 0.29) is 6.04 Å². The lowest BCUT2D eigenvalue weighted by atomic mass is 9.87. The topological polar surface area (TPSA) is 32.3 Å². The molecule has 1 aliphatic rings. The highest BCUT2D eigenvalue weighted by molar-refractivity contribution is 5.77. The van der Waals surface area contributed by atoms with Gasteiger partial charge in [0.1, 0.15) is 0 Å². The number of carbonyl (C=O) groups is 1. The molecular weight excluding hydrogens is 212 g/mol. The zero-order valence-electron chi connectivity index (χ0n) is 12.2. The lowest BCUT2D eigenvalue weighted by Crippen LogP contribution is -2.56. The first kappa shape index (κ1) is 14.5. The molecule has 0 bridgehead atoms. The summed E-state index contributed by atoms with van der Waals surface area (Å²) in [5, 5.41) is 3.57. The van der Waals surface area contributed by atoms with E-state index in [0.717, 1.165) is 6.54 Å². The normalized spacial score (nSPS) is 27.1. The maximum Gasteiger partial charge on any atom is 0.224 e. The number of hydrogen-bond acceptors (Lipinski definition) is 2. The molecule has 0 radical (unpaired) electrons. The Labute approximate surface area is 106 Å². The van der Waals surface area contributed by atoms with Crippen LogP contribution < -0.4 is 5.32 Å². The van der Waals surface area contributed by atoms with Gasteiger partial charge in [0, 0.05) is 31.1 Å². The molecule has 2 unspecified atom stereocenters. The van der Waals surface area contributed by atoms with E-state index < -0.39 is 0 Å². The Kier molecular flexibility index (Phi) is 4.99. The predicted octanol–water partition coefficient (Wildman–Crippen LogP) is 2.27. The van der Waals surface area contributed by atoms with Gasteiger partial charge >= 0.3 is 0 Å². The van der Waals surface area contributed by atoms with Gasteiger partial charge in [-0.1, -0.05) is 27.7 Å². The molecule has 0 aromatic carbocycles. The fraction of sp³-hybridized carbons (Fsp3) is 0.929. The van der Waals surface area contributed by atoms with Crippen molar-refractivity contribution in [2.45, 2.75) is 66.1 Å². The Balaban J connectivity index is 3.05. The largest absolute Gasteiger partial charge is 0.335 e. The van der Waals surface area contributed by atoms with Gasteiger partial charge in [-0.3, -0.25) is 4.79 Å². The summed E-state index contributed by atoms with van der Waals surface area (Å²) in [7, 11) is 0. The minimum atomic E-state index is 0.288. The summed E-state index contributed by atoms with van der Waals surface area (Å²) in [4.78, 5) is 14.3. The summed E-state index contributed by atoms with van der Waals surface area (Å²) >= 11 is 0. The molecule has 1 N–H and O–H groups in total. The van der Waals surface area contributed by atoms with Gasteiger partial charge in [-0.15, -0.1) is 0 Å². The Morgan fingerprint density at radius 1 is 1.12 bits per heavy atom. The zero-order valence-corrected chi connectivity index (χ0v) is 12.2. The molecule has 1 fully saturated rings. The first-order valence-electron chi connectivity index (χ1n) is 6.90. The maximum absolute atomic E-state index is 12.2. The lowest BCUT2D eigenvalue weighted by Gasteiger charge is -2.42. The average molecular weight is 240 g/mol. The summed E-state index contributed by atoms with van der Waals surface area (Å²) in [6, 6.07) is 1.00. The standard InChI is InChI=1S/C14H28N2O/c1-9(2)13-14(10(3)4)16(11(5)6)12(17)7-8-15-13/h9-11,13-15H,7-8H2,1-6H3. The molecule has 0 aliphatic carbocycles. The minimum absolute atomic E-state index is 0.288. The highest BCUT2D eigenvalue weighted by Gasteiger charge is 2.37. The number of carbonyl (C=O) groups excluding carboxylic acids is 1. The summed E-state index contributed by atoms with van der Waals surface area (Å²) in [6.45, 7) is 14.0. The second kappa shape index (κ2) is 5.85. The van der Waals surface area contributed by atoms with Crippen LogP contribution >= 0.6 is 0 Å². The van der Waals surface area contributed by atoms with Crippen molar-refractivity contribution < 1.29 is 4.79 Å². The van der Waals surface area contributed by atoms with E-state index in [9.17, 15) is 4.79 Å². The van der Waals surface area contributed by atoms with Crippen LogP contribution in [0.1, 0.15) is 48.0 Å². The average Bonchev–Trinajstić information content (AvgIpc) is 2.36. The molecule has 100 valence electrons. The van der Waals surface area contributed by atoms with Crippen LogP contribution in [0.3, 0.4) is 0 Å². The van der Waals surface area contributed by atoms with Crippen molar-refractivity contribution in [3.05, 3.63) is 0 Å². The van der Waals surface area contributed by atoms with Gasteiger partial charge in [0.05, 0.1) is 0 Å². The third-order valence-electron chi connectivity index (χ3n) is 3.65. The highest BCUT2D eigenvalue weighted by atomic mass is 16.2. The maximum atomic E-state index is 12.2. The summed E-state index contributed by atoms with van der Waals surface area (Å²) < 4.78 is 0. The molecule has 3 nitrogen and oxygen atoms in total. The molecule has 1 aliphatic heterocycles. The van der Waals surface area contributed by atoms with E-state index in [4.69, 9.17) is 0 Å². The second-order valence-electron chi connectivity index (χ2n) is 6.10. The van der Waals surface area contributed by atoms with Crippen LogP contribution in [0.2, 0.25) is 0 Å². The number of nitrogens with one attached hydrogen (secondary N) is 1. The third kappa shape index (κ3) is 3.21. The number of nitrogens with zero attached hydrogens (tertiary/aromatic N) is 1. The van der Waals surface area contributed by atoms with Crippen LogP contribution in [0, 0.1) is 11.8 Å². The Hall–Kier alpha value is -0.570. The smallest absolute Gasteiger partial charge is 0.224 e. The fourth-order valence-corrected chi connectivity index (χ4v) is 2.93. The lowest BCUT2D eigenvalue weighted by molar-refractivity contribution is -0.136. The quantitative estimate of drug-likeness (QED) is 0.820. The first-order valence-corrected chi connectivity index (χ1v) is 6.90. The second-order valence-corrected chi connectivity index (χ2v) is 6.10. The number of hydrogen-bond donors (Lipinski definition) is 1. The SMILES string of the molecule is CC(C)C1NCCC(=O)N(C(C)C)C1C(C)C.